The summed E-state index contributed by atoms with van der Waals surface area (Å²) < 4.78 is 0.152. The van der Waals surface area contributed by atoms with Crippen LogP contribution in [0.4, 0.5) is 5.69 Å². The molecule has 2 aliphatic heterocycles. The fourth-order valence-corrected chi connectivity index (χ4v) is 6.72. The summed E-state index contributed by atoms with van der Waals surface area (Å²) in [5, 5.41) is 3.52. The fourth-order valence-electron chi connectivity index (χ4n) is 5.70. The molecule has 0 unspecified atom stereocenters. The maximum absolute atomic E-state index is 13.9. The Morgan fingerprint density at radius 3 is 2.60 bits per heavy atom. The Bertz CT molecular complexity index is 1020. The van der Waals surface area contributed by atoms with Gasteiger partial charge in [0.2, 0.25) is 0 Å². The molecular formula is C24H24N2O3Se. The number of carbonyl (C=O) groups is 3. The predicted molar refractivity (Wildman–Crippen MR) is 115 cm³/mol. The fraction of sp³-hybridized carbons (Fsp3) is 0.375. The zero-order valence-electron chi connectivity index (χ0n) is 16.8. The van der Waals surface area contributed by atoms with E-state index in [1.165, 1.54) is 0 Å². The molecule has 5 nitrogen and oxygen atoms in total. The van der Waals surface area contributed by atoms with Gasteiger partial charge in [-0.05, 0) is 0 Å². The van der Waals surface area contributed by atoms with Crippen LogP contribution in [0.15, 0.2) is 54.6 Å². The zero-order valence-corrected chi connectivity index (χ0v) is 18.5. The Kier molecular flexibility index (Phi) is 4.79. The summed E-state index contributed by atoms with van der Waals surface area (Å²) >= 11 is -0.200. The molecule has 2 aromatic rings. The van der Waals surface area contributed by atoms with Gasteiger partial charge < -0.3 is 0 Å². The molecule has 5 rings (SSSR count). The molecule has 1 aliphatic carbocycles. The molecular weight excluding hydrogens is 443 g/mol. The summed E-state index contributed by atoms with van der Waals surface area (Å²) in [6, 6.07) is 17.3. The van der Waals surface area contributed by atoms with Crippen molar-refractivity contribution in [3.05, 3.63) is 65.7 Å². The minimum atomic E-state index is -0.486. The first-order valence-corrected chi connectivity index (χ1v) is 12.9. The van der Waals surface area contributed by atoms with Crippen LogP contribution < -0.4 is 5.32 Å². The number of piperidine rings is 1. The molecule has 3 aliphatic rings. The minimum absolute atomic E-state index is 0.0516. The standard InChI is InChI=1S/C24H24N2O3Se/c1-30-23(29)20-13-24-17-9-5-6-10-19(17)25-21(24)12-16(27)11-18(24)22(28)26(20)14-15-7-3-2-4-8-15/h2-10,18,20-21,25H,11-14H2,1H3/t18-,20-,21-,24+/m1/s1. The summed E-state index contributed by atoms with van der Waals surface area (Å²) in [5.41, 5.74) is 2.62. The van der Waals surface area contributed by atoms with Gasteiger partial charge in [-0.15, -0.1) is 0 Å². The number of likely N-dealkylation sites (tertiary alicyclic amines) is 1. The molecule has 1 spiro atoms. The number of benzene rings is 2. The molecule has 2 aromatic carbocycles. The summed E-state index contributed by atoms with van der Waals surface area (Å²) in [6.07, 6.45) is 1.26. The van der Waals surface area contributed by atoms with E-state index in [9.17, 15) is 14.4 Å². The van der Waals surface area contributed by atoms with Crippen molar-refractivity contribution in [2.24, 2.45) is 5.92 Å². The van der Waals surface area contributed by atoms with Gasteiger partial charge in [0.05, 0.1) is 0 Å². The molecule has 0 bridgehead atoms. The first-order chi connectivity index (χ1) is 14.5. The Morgan fingerprint density at radius 1 is 1.10 bits per heavy atom. The molecule has 2 heterocycles. The average Bonchev–Trinajstić information content (AvgIpc) is 3.08. The van der Waals surface area contributed by atoms with Crippen molar-refractivity contribution in [3.63, 3.8) is 0 Å². The van der Waals surface area contributed by atoms with Gasteiger partial charge in [0, 0.05) is 0 Å². The van der Waals surface area contributed by atoms with Crippen molar-refractivity contribution >= 4 is 37.0 Å². The zero-order chi connectivity index (χ0) is 20.9. The van der Waals surface area contributed by atoms with Crippen LogP contribution in [0.2, 0.25) is 5.82 Å². The van der Waals surface area contributed by atoms with Crippen molar-refractivity contribution in [2.75, 3.05) is 5.32 Å². The average molecular weight is 467 g/mol. The number of hydrogen-bond donors (Lipinski definition) is 1. The molecule has 0 aromatic heterocycles. The molecule has 0 radical (unpaired) electrons. The summed E-state index contributed by atoms with van der Waals surface area (Å²) in [6.45, 7) is 0.409. The molecule has 1 saturated heterocycles. The number of fused-ring (bicyclic) bond motifs is 1. The number of ketones is 1. The van der Waals surface area contributed by atoms with Crippen LogP contribution in [-0.2, 0) is 26.3 Å². The van der Waals surface area contributed by atoms with E-state index in [1.807, 2.05) is 54.4 Å². The van der Waals surface area contributed by atoms with Crippen LogP contribution in [0.1, 0.15) is 30.4 Å². The molecule has 4 atom stereocenters. The van der Waals surface area contributed by atoms with E-state index in [-0.39, 0.29) is 43.8 Å². The third kappa shape index (κ3) is 2.85. The number of Topliss-reactive ketones (excluding diaryl/α,β-unsaturated/α-hetero) is 1. The first kappa shape index (κ1) is 19.5. The van der Waals surface area contributed by atoms with Crippen LogP contribution in [-0.4, -0.2) is 48.3 Å². The van der Waals surface area contributed by atoms with Crippen LogP contribution in [0.25, 0.3) is 0 Å². The summed E-state index contributed by atoms with van der Waals surface area (Å²) in [5.74, 6) is 1.58. The molecule has 1 amide bonds. The number of para-hydroxylation sites is 1. The Morgan fingerprint density at radius 2 is 1.83 bits per heavy atom. The van der Waals surface area contributed by atoms with E-state index in [4.69, 9.17) is 0 Å². The van der Waals surface area contributed by atoms with Crippen molar-refractivity contribution in [2.45, 2.75) is 49.1 Å². The second-order valence-electron chi connectivity index (χ2n) is 8.48. The maximum atomic E-state index is 13.9. The normalized spacial score (nSPS) is 29.6. The van der Waals surface area contributed by atoms with Gasteiger partial charge in [0.1, 0.15) is 0 Å². The van der Waals surface area contributed by atoms with Gasteiger partial charge in [-0.25, -0.2) is 0 Å². The second kappa shape index (κ2) is 7.36. The number of hydrogen-bond acceptors (Lipinski definition) is 4. The molecule has 1 saturated carbocycles. The van der Waals surface area contributed by atoms with Gasteiger partial charge in [0.25, 0.3) is 0 Å². The predicted octanol–water partition coefficient (Wildman–Crippen LogP) is 2.78. The topological polar surface area (TPSA) is 66.5 Å². The van der Waals surface area contributed by atoms with Gasteiger partial charge in [-0.3, -0.25) is 0 Å². The number of carbonyl (C=O) groups excluding carboxylic acids is 3. The molecule has 2 fully saturated rings. The molecule has 154 valence electrons. The summed E-state index contributed by atoms with van der Waals surface area (Å²) in [7, 11) is 0. The number of nitrogens with zero attached hydrogens (tertiary/aromatic N) is 1. The van der Waals surface area contributed by atoms with Gasteiger partial charge in [-0.2, -0.15) is 0 Å². The van der Waals surface area contributed by atoms with E-state index in [0.717, 1.165) is 16.8 Å². The molecule has 30 heavy (non-hydrogen) atoms. The van der Waals surface area contributed by atoms with Crippen LogP contribution in [0.3, 0.4) is 0 Å². The van der Waals surface area contributed by atoms with E-state index >= 15 is 0 Å². The van der Waals surface area contributed by atoms with Crippen molar-refractivity contribution in [1.29, 1.82) is 0 Å². The van der Waals surface area contributed by atoms with Crippen LogP contribution in [0.5, 0.6) is 0 Å². The van der Waals surface area contributed by atoms with Gasteiger partial charge >= 0.3 is 182 Å². The second-order valence-corrected chi connectivity index (χ2v) is 10.2. The summed E-state index contributed by atoms with van der Waals surface area (Å²) in [4.78, 5) is 41.4. The molecule has 6 heteroatoms. The van der Waals surface area contributed by atoms with Crippen LogP contribution >= 0.6 is 0 Å². The van der Waals surface area contributed by atoms with Crippen molar-refractivity contribution < 1.29 is 14.4 Å². The number of anilines is 1. The monoisotopic (exact) mass is 468 g/mol. The third-order valence-electron chi connectivity index (χ3n) is 7.02. The number of rotatable bonds is 4. The third-order valence-corrected chi connectivity index (χ3v) is 8.44. The van der Waals surface area contributed by atoms with Crippen molar-refractivity contribution in [1.82, 2.24) is 4.90 Å². The Hall–Kier alpha value is -2.43. The van der Waals surface area contributed by atoms with E-state index in [2.05, 4.69) is 11.4 Å². The molecule has 1 N–H and O–H groups in total. The van der Waals surface area contributed by atoms with E-state index < -0.39 is 17.4 Å². The van der Waals surface area contributed by atoms with Gasteiger partial charge in [0.15, 0.2) is 0 Å². The van der Waals surface area contributed by atoms with Crippen molar-refractivity contribution in [3.8, 4) is 0 Å². The quantitative estimate of drug-likeness (QED) is 0.703. The van der Waals surface area contributed by atoms with Crippen LogP contribution in [0, 0.1) is 5.92 Å². The SMILES string of the molecule is C[Se]C(=O)[C@H]1C[C@@]23c4ccccc4N[C@@H]2CC(=O)C[C@@H]3C(=O)N1Cc1ccccc1. The van der Waals surface area contributed by atoms with E-state index in [1.54, 1.807) is 4.90 Å². The number of amides is 1. The number of nitrogens with one attached hydrogen (secondary N) is 1. The van der Waals surface area contributed by atoms with Gasteiger partial charge in [-0.1, -0.05) is 0 Å². The first-order valence-electron chi connectivity index (χ1n) is 10.3. The Balaban J connectivity index is 1.62. The van der Waals surface area contributed by atoms with E-state index in [0.29, 0.717) is 19.4 Å². The Labute approximate surface area is 182 Å².